The molecule has 2 unspecified atom stereocenters. The van der Waals surface area contributed by atoms with Gasteiger partial charge < -0.3 is 81.4 Å². The highest BCUT2D eigenvalue weighted by Gasteiger charge is 2.48. The van der Waals surface area contributed by atoms with E-state index in [1.54, 1.807) is 89.8 Å². The molecule has 10 aromatic carbocycles. The molecule has 8 amide bonds. The first kappa shape index (κ1) is 100. The summed E-state index contributed by atoms with van der Waals surface area (Å²) in [6, 6.07) is 82.1. The fourth-order valence-electron chi connectivity index (χ4n) is 19.7. The molecule has 5 heterocycles. The number of likely N-dealkylation sites (tertiary alicyclic amines) is 5. The number of hydrogen-bond donors (Lipinski definition) is 10. The lowest BCUT2D eigenvalue weighted by atomic mass is 9.96. The standard InChI is InChI=1S/C24H28N2O4.2C23H26N2O3.C23H28N2O2.C22H28N2O2/c27-22-9-7-21(8-10-22)23(28)25-15-17-11-13-26(14-12-17)24(29)30-16-18-1-3-19(4-2-18)20-5-6-20;2*26-19-8-6-18(7-9-19)22(27)24-15-16-10-12-25(13-11-16)23(28)21-14-20(21)17-4-2-1-3-5-17;26-21-8-6-19(7-9-21)23(27)24-15-17-10-12-25(13-11-17)16-20-14-22(20)18-4-2-1-3-5-18;25-21-10-8-20(9-11-21)22(26)23-17-19-12-15-24(16-13-19)14-4-7-18-5-2-1-3-6-18/h1-4,7-10,17,20,27H,5-6,11-16H2,(H,25,28);2*1-9,16,20-21,26H,10-15H2,(H,24,27);1-9,17,20,22,26H,10-16H2,(H,24,27);1-3,5-6,8-11,19,25H,4,7,12-17H2,(H,23,26)/t;20-,21+;;20-,22-;/m.0.0./s1. The Kier molecular flexibility index (Phi) is 36.3. The van der Waals surface area contributed by atoms with E-state index in [4.69, 9.17) is 4.74 Å². The summed E-state index contributed by atoms with van der Waals surface area (Å²) in [6.07, 6.45) is 17.8. The zero-order valence-electron chi connectivity index (χ0n) is 79.7. The highest BCUT2D eigenvalue weighted by atomic mass is 16.6. The molecular weight excluding hydrogens is 1750 g/mol. The first-order valence-electron chi connectivity index (χ1n) is 50.3. The second-order valence-corrected chi connectivity index (χ2v) is 39.2. The maximum atomic E-state index is 12.8. The molecule has 9 fully saturated rings. The first-order valence-corrected chi connectivity index (χ1v) is 50.3. The zero-order chi connectivity index (χ0) is 96.8. The Bertz CT molecular complexity index is 5410. The van der Waals surface area contributed by atoms with Crippen molar-refractivity contribution < 1.29 is 68.6 Å². The van der Waals surface area contributed by atoms with Crippen LogP contribution >= 0.6 is 0 Å². The molecule has 9 aliphatic rings. The molecule has 19 rings (SSSR count). The molecular formula is C115H136N10O14. The van der Waals surface area contributed by atoms with E-state index in [0.29, 0.717) is 120 Å². The van der Waals surface area contributed by atoms with Crippen molar-refractivity contribution >= 4 is 47.4 Å². The van der Waals surface area contributed by atoms with Crippen molar-refractivity contribution in [2.75, 3.05) is 111 Å². The predicted octanol–water partition coefficient (Wildman–Crippen LogP) is 17.5. The largest absolute Gasteiger partial charge is 0.508 e. The van der Waals surface area contributed by atoms with Crippen LogP contribution in [0, 0.1) is 47.3 Å². The van der Waals surface area contributed by atoms with Crippen LogP contribution in [0.15, 0.2) is 267 Å². The van der Waals surface area contributed by atoms with Crippen LogP contribution in [0.4, 0.5) is 4.79 Å². The van der Waals surface area contributed by atoms with Gasteiger partial charge in [-0.25, -0.2) is 4.79 Å². The van der Waals surface area contributed by atoms with E-state index < -0.39 is 0 Å². The maximum Gasteiger partial charge on any atom is 0.410 e. The van der Waals surface area contributed by atoms with Gasteiger partial charge >= 0.3 is 6.09 Å². The summed E-state index contributed by atoms with van der Waals surface area (Å²) < 4.78 is 5.48. The maximum absolute atomic E-state index is 12.8. The van der Waals surface area contributed by atoms with Gasteiger partial charge in [-0.3, -0.25) is 33.6 Å². The number of hydrogen-bond acceptors (Lipinski definition) is 16. The highest BCUT2D eigenvalue weighted by molar-refractivity contribution is 5.96. The minimum Gasteiger partial charge on any atom is -0.508 e. The number of rotatable bonds is 29. The number of nitrogens with one attached hydrogen (secondary N) is 5. The first-order chi connectivity index (χ1) is 67.7. The average molecular weight is 1880 g/mol. The number of nitrogens with zero attached hydrogens (tertiary/aromatic N) is 5. The molecule has 139 heavy (non-hydrogen) atoms. The molecule has 24 heteroatoms. The molecule has 0 aromatic heterocycles. The number of aromatic hydroxyl groups is 5. The lowest BCUT2D eigenvalue weighted by Gasteiger charge is -2.32. The lowest BCUT2D eigenvalue weighted by Crippen LogP contribution is -2.42. The molecule has 5 saturated heterocycles. The number of phenolic OH excluding ortho intramolecular Hbond substituents is 5. The summed E-state index contributed by atoms with van der Waals surface area (Å²) in [4.78, 5) is 110. The molecule has 730 valence electrons. The third kappa shape index (κ3) is 31.1. The number of benzene rings is 10. The zero-order valence-corrected chi connectivity index (χ0v) is 79.7. The van der Waals surface area contributed by atoms with Gasteiger partial charge in [0.05, 0.1) is 0 Å². The topological polar surface area (TPSA) is 323 Å². The molecule has 10 N–H and O–H groups in total. The highest BCUT2D eigenvalue weighted by Crippen LogP contribution is 2.51. The van der Waals surface area contributed by atoms with Crippen LogP contribution in [0.2, 0.25) is 0 Å². The molecule has 0 bridgehead atoms. The number of ether oxygens (including phenoxy) is 1. The van der Waals surface area contributed by atoms with Crippen LogP contribution < -0.4 is 26.6 Å². The van der Waals surface area contributed by atoms with Gasteiger partial charge in [0.2, 0.25) is 11.8 Å². The molecule has 4 saturated carbocycles. The normalized spacial score (nSPS) is 19.9. The fraction of sp³-hybridized carbons (Fsp3) is 0.409. The van der Waals surface area contributed by atoms with Gasteiger partial charge in [0, 0.05) is 118 Å². The number of carbonyl (C=O) groups is 8. The smallest absolute Gasteiger partial charge is 0.410 e. The summed E-state index contributed by atoms with van der Waals surface area (Å²) in [5.74, 6) is 6.50. The SMILES string of the molecule is O=C(NCC1CCN(C(=O)C2CC2c2ccccc2)CC1)c1ccc(O)cc1.O=C(NCC1CCN(C(=O)OCc2ccc(C3CC3)cc2)CC1)c1ccc(O)cc1.O=C(NCC1CCN(C(=O)[C@@H]2C[C@H]2c2ccccc2)CC1)c1ccc(O)cc1.O=C(NCC1CCN(CCCc2ccccc2)CC1)c1ccc(O)cc1.O=C(NCC1CCN(C[C@@H]2C[C@H]2c2ccccc2)CC1)c1ccc(O)cc1. The van der Waals surface area contributed by atoms with Crippen molar-refractivity contribution in [3.05, 3.63) is 328 Å². The van der Waals surface area contributed by atoms with E-state index in [0.717, 1.165) is 179 Å². The number of piperidine rings is 5. The van der Waals surface area contributed by atoms with Crippen molar-refractivity contribution in [3.8, 4) is 28.7 Å². The Morgan fingerprint density at radius 3 is 0.906 bits per heavy atom. The Balaban J connectivity index is 0.000000132. The summed E-state index contributed by atoms with van der Waals surface area (Å²) in [5, 5.41) is 61.5. The van der Waals surface area contributed by atoms with Crippen LogP contribution in [0.5, 0.6) is 28.7 Å². The molecule has 0 spiro atoms. The molecule has 0 radical (unpaired) electrons. The van der Waals surface area contributed by atoms with Gasteiger partial charge in [0.15, 0.2) is 0 Å². The molecule has 24 nitrogen and oxygen atoms in total. The molecule has 5 aliphatic heterocycles. The Hall–Kier alpha value is -13.3. The number of carbonyl (C=O) groups excluding carboxylic acids is 8. The van der Waals surface area contributed by atoms with E-state index in [2.05, 4.69) is 133 Å². The molecule has 6 atom stereocenters. The summed E-state index contributed by atoms with van der Waals surface area (Å²) in [5.41, 5.74) is 10.7. The van der Waals surface area contributed by atoms with Crippen LogP contribution in [0.3, 0.4) is 0 Å². The van der Waals surface area contributed by atoms with E-state index >= 15 is 0 Å². The Labute approximate surface area is 817 Å². The number of aryl methyl sites for hydroxylation is 1. The minimum atomic E-state index is -0.271. The number of phenols is 5. The monoisotopic (exact) mass is 1880 g/mol. The van der Waals surface area contributed by atoms with Crippen LogP contribution in [0.1, 0.15) is 212 Å². The molecule has 10 aromatic rings. The van der Waals surface area contributed by atoms with Gasteiger partial charge in [0.25, 0.3) is 29.5 Å². The average Bonchev–Trinajstić information content (AvgIpc) is 1.60. The Morgan fingerprint density at radius 1 is 0.288 bits per heavy atom. The second-order valence-electron chi connectivity index (χ2n) is 39.2. The molecule has 4 aliphatic carbocycles. The second kappa shape index (κ2) is 50.3. The lowest BCUT2D eigenvalue weighted by molar-refractivity contribution is -0.134. The fourth-order valence-corrected chi connectivity index (χ4v) is 19.7. The van der Waals surface area contributed by atoms with E-state index in [-0.39, 0.29) is 76.2 Å². The summed E-state index contributed by atoms with van der Waals surface area (Å²) >= 11 is 0. The quantitative estimate of drug-likeness (QED) is 0.0208. The number of amides is 8. The van der Waals surface area contributed by atoms with Gasteiger partial charge in [-0.1, -0.05) is 146 Å². The van der Waals surface area contributed by atoms with Crippen LogP contribution in [-0.2, 0) is 27.4 Å². The van der Waals surface area contributed by atoms with Gasteiger partial charge in [0.1, 0.15) is 35.4 Å². The van der Waals surface area contributed by atoms with Crippen molar-refractivity contribution in [1.82, 2.24) is 51.1 Å². The van der Waals surface area contributed by atoms with Crippen molar-refractivity contribution in [2.24, 2.45) is 47.3 Å². The van der Waals surface area contributed by atoms with E-state index in [1.165, 1.54) is 96.4 Å². The van der Waals surface area contributed by atoms with Crippen molar-refractivity contribution in [3.63, 3.8) is 0 Å². The predicted molar refractivity (Wildman–Crippen MR) is 539 cm³/mol. The van der Waals surface area contributed by atoms with Crippen molar-refractivity contribution in [2.45, 2.75) is 139 Å². The van der Waals surface area contributed by atoms with E-state index in [1.807, 2.05) is 58.3 Å². The van der Waals surface area contributed by atoms with Gasteiger partial charge in [-0.15, -0.1) is 0 Å². The van der Waals surface area contributed by atoms with Crippen LogP contribution in [-0.4, -0.2) is 209 Å². The van der Waals surface area contributed by atoms with Gasteiger partial charge in [-0.05, 0) is 356 Å². The van der Waals surface area contributed by atoms with E-state index in [9.17, 15) is 63.9 Å². The van der Waals surface area contributed by atoms with Gasteiger partial charge in [-0.2, -0.15) is 0 Å². The third-order valence-corrected chi connectivity index (χ3v) is 29.0. The third-order valence-electron chi connectivity index (χ3n) is 29.0. The summed E-state index contributed by atoms with van der Waals surface area (Å²) in [6.45, 7) is 14.9. The van der Waals surface area contributed by atoms with Crippen LogP contribution in [0.25, 0.3) is 0 Å². The minimum absolute atomic E-state index is 0.0545. The Morgan fingerprint density at radius 2 is 0.583 bits per heavy atom. The van der Waals surface area contributed by atoms with Crippen molar-refractivity contribution in [1.29, 1.82) is 0 Å². The summed E-state index contributed by atoms with van der Waals surface area (Å²) in [7, 11) is 0.